The predicted octanol–water partition coefficient (Wildman–Crippen LogP) is 4.17. The topological polar surface area (TPSA) is 84.0 Å². The number of urea groups is 1. The minimum atomic E-state index is -0.474. The molecule has 0 spiro atoms. The van der Waals surface area contributed by atoms with E-state index in [0.29, 0.717) is 31.0 Å². The summed E-state index contributed by atoms with van der Waals surface area (Å²) in [4.78, 5) is 22.7. The third-order valence-corrected chi connectivity index (χ3v) is 5.06. The van der Waals surface area contributed by atoms with Gasteiger partial charge in [0.05, 0.1) is 15.8 Å². The summed E-state index contributed by atoms with van der Waals surface area (Å²) in [5.41, 5.74) is 0.502. The first-order valence-electron chi connectivity index (χ1n) is 5.93. The lowest BCUT2D eigenvalue weighted by molar-refractivity contribution is -0.114. The van der Waals surface area contributed by atoms with E-state index in [1.807, 2.05) is 0 Å². The van der Waals surface area contributed by atoms with Crippen LogP contribution in [0.1, 0.15) is 6.92 Å². The standard InChI is InChI=1S/C12H10Cl2N4O2S2/c1-6(19)5-21-12-18-17-11(22-12)16-10(20)15-7-2-3-8(13)9(14)4-7/h2-4H,5H2,1H3,(H2,15,16,17,20). The van der Waals surface area contributed by atoms with Gasteiger partial charge in [-0.15, -0.1) is 10.2 Å². The van der Waals surface area contributed by atoms with Crippen molar-refractivity contribution in [1.82, 2.24) is 10.2 Å². The van der Waals surface area contributed by atoms with Gasteiger partial charge < -0.3 is 5.32 Å². The molecule has 0 aliphatic heterocycles. The van der Waals surface area contributed by atoms with Crippen LogP contribution in [0.4, 0.5) is 15.6 Å². The van der Waals surface area contributed by atoms with Gasteiger partial charge in [0.1, 0.15) is 5.78 Å². The molecule has 6 nitrogen and oxygen atoms in total. The third-order valence-electron chi connectivity index (χ3n) is 2.20. The summed E-state index contributed by atoms with van der Waals surface area (Å²) in [5, 5.41) is 13.9. The lowest BCUT2D eigenvalue weighted by Crippen LogP contribution is -2.19. The van der Waals surface area contributed by atoms with Crippen molar-refractivity contribution in [3.05, 3.63) is 28.2 Å². The fourth-order valence-electron chi connectivity index (χ4n) is 1.32. The monoisotopic (exact) mass is 376 g/mol. The van der Waals surface area contributed by atoms with Crippen molar-refractivity contribution in [2.75, 3.05) is 16.4 Å². The van der Waals surface area contributed by atoms with Crippen molar-refractivity contribution >= 4 is 68.9 Å². The molecule has 0 unspecified atom stereocenters. The maximum Gasteiger partial charge on any atom is 0.325 e. The predicted molar refractivity (Wildman–Crippen MR) is 90.4 cm³/mol. The molecular weight excluding hydrogens is 367 g/mol. The van der Waals surface area contributed by atoms with Crippen LogP contribution in [0.25, 0.3) is 0 Å². The molecule has 0 saturated heterocycles. The summed E-state index contributed by atoms with van der Waals surface area (Å²) in [6.07, 6.45) is 0. The first-order valence-corrected chi connectivity index (χ1v) is 8.48. The van der Waals surface area contributed by atoms with Gasteiger partial charge in [-0.3, -0.25) is 10.1 Å². The van der Waals surface area contributed by atoms with Gasteiger partial charge in [-0.25, -0.2) is 4.79 Å². The molecule has 0 aliphatic carbocycles. The van der Waals surface area contributed by atoms with Gasteiger partial charge in [-0.05, 0) is 25.1 Å². The van der Waals surface area contributed by atoms with Gasteiger partial charge in [0.25, 0.3) is 0 Å². The smallest absolute Gasteiger partial charge is 0.308 e. The molecule has 2 aromatic rings. The van der Waals surface area contributed by atoms with E-state index in [2.05, 4.69) is 20.8 Å². The number of halogens is 2. The molecule has 116 valence electrons. The number of hydrogen-bond acceptors (Lipinski definition) is 6. The van der Waals surface area contributed by atoms with Crippen molar-refractivity contribution < 1.29 is 9.59 Å². The first kappa shape index (κ1) is 17.0. The highest BCUT2D eigenvalue weighted by atomic mass is 35.5. The molecule has 0 radical (unpaired) electrons. The number of Topliss-reactive ketones (excluding diaryl/α,β-unsaturated/α-hetero) is 1. The highest BCUT2D eigenvalue weighted by molar-refractivity contribution is 8.01. The number of ketones is 1. The van der Waals surface area contributed by atoms with Crippen molar-refractivity contribution in [2.45, 2.75) is 11.3 Å². The van der Waals surface area contributed by atoms with Crippen molar-refractivity contribution in [3.8, 4) is 0 Å². The molecule has 22 heavy (non-hydrogen) atoms. The number of amides is 2. The lowest BCUT2D eigenvalue weighted by atomic mass is 10.3. The summed E-state index contributed by atoms with van der Waals surface area (Å²) in [6, 6.07) is 4.28. The summed E-state index contributed by atoms with van der Waals surface area (Å²) in [7, 11) is 0. The maximum absolute atomic E-state index is 11.8. The molecule has 2 N–H and O–H groups in total. The Balaban J connectivity index is 1.91. The Labute approximate surface area is 144 Å². The summed E-state index contributed by atoms with van der Waals surface area (Å²) in [6.45, 7) is 1.50. The van der Waals surface area contributed by atoms with E-state index in [1.165, 1.54) is 36.1 Å². The SMILES string of the molecule is CC(=O)CSc1nnc(NC(=O)Nc2ccc(Cl)c(Cl)c2)s1. The van der Waals surface area contributed by atoms with Gasteiger partial charge in [0.15, 0.2) is 4.34 Å². The molecule has 1 aromatic heterocycles. The quantitative estimate of drug-likeness (QED) is 0.604. The molecule has 2 amide bonds. The molecule has 0 aliphatic rings. The van der Waals surface area contributed by atoms with Crippen LogP contribution in [0.15, 0.2) is 22.5 Å². The summed E-state index contributed by atoms with van der Waals surface area (Å²) in [5.74, 6) is 0.372. The zero-order valence-corrected chi connectivity index (χ0v) is 14.4. The van der Waals surface area contributed by atoms with E-state index in [-0.39, 0.29) is 5.78 Å². The van der Waals surface area contributed by atoms with E-state index in [4.69, 9.17) is 23.2 Å². The second kappa shape index (κ2) is 7.77. The van der Waals surface area contributed by atoms with E-state index in [9.17, 15) is 9.59 Å². The normalized spacial score (nSPS) is 10.3. The molecule has 0 bridgehead atoms. The Morgan fingerprint density at radius 3 is 2.68 bits per heavy atom. The van der Waals surface area contributed by atoms with E-state index in [1.54, 1.807) is 12.1 Å². The van der Waals surface area contributed by atoms with Gasteiger partial charge in [-0.1, -0.05) is 46.3 Å². The summed E-state index contributed by atoms with van der Waals surface area (Å²) >= 11 is 14.1. The van der Waals surface area contributed by atoms with E-state index >= 15 is 0 Å². The number of benzene rings is 1. The van der Waals surface area contributed by atoms with E-state index < -0.39 is 6.03 Å². The van der Waals surface area contributed by atoms with Gasteiger partial charge in [0.2, 0.25) is 5.13 Å². The fourth-order valence-corrected chi connectivity index (χ4v) is 3.16. The number of nitrogens with one attached hydrogen (secondary N) is 2. The van der Waals surface area contributed by atoms with Crippen LogP contribution in [-0.2, 0) is 4.79 Å². The largest absolute Gasteiger partial charge is 0.325 e. The molecule has 0 atom stereocenters. The maximum atomic E-state index is 11.8. The number of nitrogens with zero attached hydrogens (tertiary/aromatic N) is 2. The number of thioether (sulfide) groups is 1. The van der Waals surface area contributed by atoms with Crippen molar-refractivity contribution in [2.24, 2.45) is 0 Å². The number of rotatable bonds is 5. The molecule has 0 fully saturated rings. The van der Waals surface area contributed by atoms with Crippen LogP contribution in [0.3, 0.4) is 0 Å². The minimum Gasteiger partial charge on any atom is -0.308 e. The van der Waals surface area contributed by atoms with Crippen LogP contribution < -0.4 is 10.6 Å². The number of aromatic nitrogens is 2. The molecule has 1 aromatic carbocycles. The molecular formula is C12H10Cl2N4O2S2. The second-order valence-corrected chi connectivity index (χ2v) is 7.09. The van der Waals surface area contributed by atoms with Crippen molar-refractivity contribution in [3.63, 3.8) is 0 Å². The average Bonchev–Trinajstić information content (AvgIpc) is 2.88. The average molecular weight is 377 g/mol. The van der Waals surface area contributed by atoms with Crippen LogP contribution in [-0.4, -0.2) is 27.8 Å². The minimum absolute atomic E-state index is 0.0482. The first-order chi connectivity index (χ1) is 10.4. The van der Waals surface area contributed by atoms with Crippen LogP contribution in [0.5, 0.6) is 0 Å². The van der Waals surface area contributed by atoms with Crippen LogP contribution >= 0.6 is 46.3 Å². The fraction of sp³-hybridized carbons (Fsp3) is 0.167. The van der Waals surface area contributed by atoms with Crippen LogP contribution in [0.2, 0.25) is 10.0 Å². The molecule has 10 heteroatoms. The number of anilines is 2. The Hall–Kier alpha value is -1.35. The zero-order chi connectivity index (χ0) is 16.1. The number of hydrogen-bond donors (Lipinski definition) is 2. The van der Waals surface area contributed by atoms with E-state index in [0.717, 1.165) is 0 Å². The lowest BCUT2D eigenvalue weighted by Gasteiger charge is -2.05. The van der Waals surface area contributed by atoms with Gasteiger partial charge in [-0.2, -0.15) is 0 Å². The molecule has 2 rings (SSSR count). The number of carbonyl (C=O) groups is 2. The van der Waals surface area contributed by atoms with Crippen molar-refractivity contribution in [1.29, 1.82) is 0 Å². The Morgan fingerprint density at radius 1 is 1.23 bits per heavy atom. The van der Waals surface area contributed by atoms with Crippen LogP contribution in [0, 0.1) is 0 Å². The zero-order valence-electron chi connectivity index (χ0n) is 11.2. The Morgan fingerprint density at radius 2 is 2.00 bits per heavy atom. The Kier molecular flexibility index (Phi) is 6.01. The molecule has 0 saturated carbocycles. The Bertz CT molecular complexity index is 708. The highest BCUT2D eigenvalue weighted by Gasteiger charge is 2.10. The third kappa shape index (κ3) is 5.13. The van der Waals surface area contributed by atoms with Gasteiger partial charge >= 0.3 is 6.03 Å². The van der Waals surface area contributed by atoms with Gasteiger partial charge in [0, 0.05) is 5.69 Å². The summed E-state index contributed by atoms with van der Waals surface area (Å²) < 4.78 is 0.611. The second-order valence-electron chi connectivity index (χ2n) is 4.07. The molecule has 1 heterocycles. The number of carbonyl (C=O) groups excluding carboxylic acids is 2. The highest BCUT2D eigenvalue weighted by Crippen LogP contribution is 2.27.